The van der Waals surface area contributed by atoms with Crippen molar-refractivity contribution in [3.05, 3.63) is 29.3 Å². The van der Waals surface area contributed by atoms with E-state index in [1.165, 1.54) is 7.11 Å². The molecule has 0 radical (unpaired) electrons. The van der Waals surface area contributed by atoms with E-state index in [1.54, 1.807) is 6.07 Å². The molecule has 7 heteroatoms. The molecule has 0 unspecified atom stereocenters. The summed E-state index contributed by atoms with van der Waals surface area (Å²) in [6.07, 6.45) is 2.07. The molecule has 0 fully saturated rings. The van der Waals surface area contributed by atoms with Crippen LogP contribution in [-0.4, -0.2) is 30.6 Å². The number of hydrogen-bond acceptors (Lipinski definition) is 5. The van der Waals surface area contributed by atoms with Gasteiger partial charge in [-0.2, -0.15) is 0 Å². The topological polar surface area (TPSA) is 123 Å². The molecule has 1 amide bonds. The molecule has 1 rings (SSSR count). The number of amidine groups is 1. The molecule has 116 valence electrons. The Bertz CT molecular complexity index is 503. The average molecular weight is 294 g/mol. The number of nitrogens with one attached hydrogen (secondary N) is 1. The molecule has 7 nitrogen and oxygen atoms in total. The van der Waals surface area contributed by atoms with Gasteiger partial charge < -0.3 is 26.7 Å². The molecule has 0 saturated carbocycles. The molecule has 0 atom stereocenters. The molecule has 0 aromatic heterocycles. The van der Waals surface area contributed by atoms with Crippen LogP contribution in [0.5, 0.6) is 5.75 Å². The highest BCUT2D eigenvalue weighted by Gasteiger charge is 2.08. The predicted octanol–water partition coefficient (Wildman–Crippen LogP) is 0.535. The number of primary amides is 1. The summed E-state index contributed by atoms with van der Waals surface area (Å²) in [7, 11) is 1.53. The molecule has 0 saturated heterocycles. The van der Waals surface area contributed by atoms with E-state index in [9.17, 15) is 4.79 Å². The first-order chi connectivity index (χ1) is 10.1. The fourth-order valence-electron chi connectivity index (χ4n) is 1.90. The predicted molar refractivity (Wildman–Crippen MR) is 80.3 cm³/mol. The Morgan fingerprint density at radius 1 is 1.38 bits per heavy atom. The summed E-state index contributed by atoms with van der Waals surface area (Å²) < 4.78 is 5.17. The maximum Gasteiger partial charge on any atom is 0.217 e. The van der Waals surface area contributed by atoms with Gasteiger partial charge in [0, 0.05) is 13.0 Å². The van der Waals surface area contributed by atoms with Crippen LogP contribution in [0.15, 0.2) is 23.4 Å². The number of carbonyl (C=O) groups is 1. The van der Waals surface area contributed by atoms with E-state index in [0.717, 1.165) is 24.9 Å². The lowest BCUT2D eigenvalue weighted by Crippen LogP contribution is -2.18. The third-order valence-electron chi connectivity index (χ3n) is 3.00. The van der Waals surface area contributed by atoms with Crippen molar-refractivity contribution in [1.82, 2.24) is 5.32 Å². The van der Waals surface area contributed by atoms with Gasteiger partial charge >= 0.3 is 0 Å². The zero-order chi connectivity index (χ0) is 15.7. The average Bonchev–Trinajstić information content (AvgIpc) is 2.49. The third kappa shape index (κ3) is 5.70. The van der Waals surface area contributed by atoms with Gasteiger partial charge in [-0.25, -0.2) is 0 Å². The molecule has 1 aromatic carbocycles. The molecule has 0 spiro atoms. The van der Waals surface area contributed by atoms with E-state index in [0.29, 0.717) is 24.3 Å². The second-order valence-corrected chi connectivity index (χ2v) is 4.62. The number of amides is 1. The summed E-state index contributed by atoms with van der Waals surface area (Å²) >= 11 is 0. The maximum atomic E-state index is 10.6. The summed E-state index contributed by atoms with van der Waals surface area (Å²) in [5.41, 5.74) is 12.2. The summed E-state index contributed by atoms with van der Waals surface area (Å²) in [6, 6.07) is 5.49. The van der Waals surface area contributed by atoms with Gasteiger partial charge in [0.1, 0.15) is 5.75 Å². The SMILES string of the molecule is COc1ccc(CNCCCCC(N)=O)cc1/C(N)=N/O. The van der Waals surface area contributed by atoms with Crippen LogP contribution in [0.3, 0.4) is 0 Å². The Morgan fingerprint density at radius 3 is 2.76 bits per heavy atom. The van der Waals surface area contributed by atoms with Crippen LogP contribution in [0.2, 0.25) is 0 Å². The van der Waals surface area contributed by atoms with Crippen LogP contribution < -0.4 is 21.5 Å². The quantitative estimate of drug-likeness (QED) is 0.174. The van der Waals surface area contributed by atoms with Crippen LogP contribution in [-0.2, 0) is 11.3 Å². The number of oxime groups is 1. The second-order valence-electron chi connectivity index (χ2n) is 4.62. The molecule has 21 heavy (non-hydrogen) atoms. The van der Waals surface area contributed by atoms with Crippen molar-refractivity contribution in [2.45, 2.75) is 25.8 Å². The van der Waals surface area contributed by atoms with Crippen LogP contribution in [0.4, 0.5) is 0 Å². The van der Waals surface area contributed by atoms with Crippen molar-refractivity contribution < 1.29 is 14.7 Å². The Hall–Kier alpha value is -2.28. The summed E-state index contributed by atoms with van der Waals surface area (Å²) in [4.78, 5) is 10.6. The molecule has 0 aliphatic heterocycles. The first-order valence-corrected chi connectivity index (χ1v) is 6.72. The highest BCUT2D eigenvalue weighted by molar-refractivity contribution is 5.99. The Morgan fingerprint density at radius 2 is 2.14 bits per heavy atom. The van der Waals surface area contributed by atoms with Gasteiger partial charge in [-0.1, -0.05) is 11.2 Å². The fraction of sp³-hybridized carbons (Fsp3) is 0.429. The van der Waals surface area contributed by atoms with Crippen molar-refractivity contribution in [3.8, 4) is 5.75 Å². The van der Waals surface area contributed by atoms with Gasteiger partial charge in [-0.15, -0.1) is 0 Å². The number of carbonyl (C=O) groups excluding carboxylic acids is 1. The Labute approximate surface area is 123 Å². The van der Waals surface area contributed by atoms with Crippen LogP contribution in [0, 0.1) is 0 Å². The van der Waals surface area contributed by atoms with E-state index in [-0.39, 0.29) is 11.7 Å². The molecule has 0 heterocycles. The molecule has 1 aromatic rings. The summed E-state index contributed by atoms with van der Waals surface area (Å²) in [5, 5.41) is 15.0. The summed E-state index contributed by atoms with van der Waals surface area (Å²) in [6.45, 7) is 1.44. The van der Waals surface area contributed by atoms with Crippen molar-refractivity contribution in [1.29, 1.82) is 0 Å². The van der Waals surface area contributed by atoms with Gasteiger partial charge in [0.05, 0.1) is 12.7 Å². The van der Waals surface area contributed by atoms with E-state index < -0.39 is 0 Å². The number of rotatable bonds is 9. The number of methoxy groups -OCH3 is 1. The Balaban J connectivity index is 2.51. The molecular formula is C14H22N4O3. The normalized spacial score (nSPS) is 11.4. The minimum atomic E-state index is -0.270. The Kier molecular flexibility index (Phi) is 7.03. The van der Waals surface area contributed by atoms with Crippen LogP contribution in [0.1, 0.15) is 30.4 Å². The standard InChI is InChI=1S/C14H22N4O3/c1-21-12-6-5-10(8-11(12)14(16)18-20)9-17-7-3-2-4-13(15)19/h5-6,8,17,20H,2-4,7,9H2,1H3,(H2,15,19)(H2,16,18). The minimum Gasteiger partial charge on any atom is -0.496 e. The molecule has 0 bridgehead atoms. The minimum absolute atomic E-state index is 0.00941. The maximum absolute atomic E-state index is 10.6. The first kappa shape index (κ1) is 16.8. The molecule has 0 aliphatic carbocycles. The summed E-state index contributed by atoms with van der Waals surface area (Å²) in [5.74, 6) is 0.291. The number of nitrogens with two attached hydrogens (primary N) is 2. The van der Waals surface area contributed by atoms with Gasteiger partial charge in [-0.3, -0.25) is 4.79 Å². The fourth-order valence-corrected chi connectivity index (χ4v) is 1.90. The van der Waals surface area contributed by atoms with E-state index in [4.69, 9.17) is 21.4 Å². The second kappa shape index (κ2) is 8.80. The third-order valence-corrected chi connectivity index (χ3v) is 3.00. The van der Waals surface area contributed by atoms with Gasteiger partial charge in [-0.05, 0) is 37.1 Å². The van der Waals surface area contributed by atoms with Crippen LogP contribution >= 0.6 is 0 Å². The number of hydrogen-bond donors (Lipinski definition) is 4. The smallest absolute Gasteiger partial charge is 0.217 e. The first-order valence-electron chi connectivity index (χ1n) is 6.72. The van der Waals surface area contributed by atoms with E-state index in [1.807, 2.05) is 12.1 Å². The van der Waals surface area contributed by atoms with Crippen molar-refractivity contribution in [2.24, 2.45) is 16.6 Å². The number of ether oxygens (including phenoxy) is 1. The zero-order valence-electron chi connectivity index (χ0n) is 12.1. The van der Waals surface area contributed by atoms with Crippen molar-refractivity contribution >= 4 is 11.7 Å². The van der Waals surface area contributed by atoms with Gasteiger partial charge in [0.2, 0.25) is 5.91 Å². The van der Waals surface area contributed by atoms with Gasteiger partial charge in [0.15, 0.2) is 5.84 Å². The van der Waals surface area contributed by atoms with E-state index >= 15 is 0 Å². The number of benzene rings is 1. The lowest BCUT2D eigenvalue weighted by Gasteiger charge is -2.10. The highest BCUT2D eigenvalue weighted by Crippen LogP contribution is 2.19. The zero-order valence-corrected chi connectivity index (χ0v) is 12.1. The van der Waals surface area contributed by atoms with Crippen molar-refractivity contribution in [3.63, 3.8) is 0 Å². The molecule has 0 aliphatic rings. The molecule has 6 N–H and O–H groups in total. The number of nitrogens with zero attached hydrogens (tertiary/aromatic N) is 1. The van der Waals surface area contributed by atoms with Crippen molar-refractivity contribution in [2.75, 3.05) is 13.7 Å². The lowest BCUT2D eigenvalue weighted by atomic mass is 10.1. The lowest BCUT2D eigenvalue weighted by molar-refractivity contribution is -0.118. The van der Waals surface area contributed by atoms with E-state index in [2.05, 4.69) is 10.5 Å². The largest absolute Gasteiger partial charge is 0.496 e. The molecular weight excluding hydrogens is 272 g/mol. The monoisotopic (exact) mass is 294 g/mol. The highest BCUT2D eigenvalue weighted by atomic mass is 16.5. The number of unbranched alkanes of at least 4 members (excludes halogenated alkanes) is 1. The van der Waals surface area contributed by atoms with Crippen LogP contribution in [0.25, 0.3) is 0 Å². The van der Waals surface area contributed by atoms with Gasteiger partial charge in [0.25, 0.3) is 0 Å².